The molecule has 7 heteroatoms. The number of hydrogen-bond acceptors (Lipinski definition) is 5. The van der Waals surface area contributed by atoms with Gasteiger partial charge in [-0.05, 0) is 12.5 Å². The van der Waals surface area contributed by atoms with Crippen LogP contribution in [0.1, 0.15) is 12.5 Å². The monoisotopic (exact) mass is 322 g/mol. The van der Waals surface area contributed by atoms with Crippen molar-refractivity contribution in [3.8, 4) is 0 Å². The molecule has 0 saturated carbocycles. The first-order valence-electron chi connectivity index (χ1n) is 7.59. The first kappa shape index (κ1) is 17.2. The standard InChI is InChI=1S/C16H22N2O5/c1-12(15(19)20)17-9-14-10-18(7-8-22-14)16(21)23-11-13-5-3-2-4-6-13/h2-6,12,14,17H,7-11H2,1H3,(H,19,20). The van der Waals surface area contributed by atoms with Gasteiger partial charge in [0.15, 0.2) is 0 Å². The van der Waals surface area contributed by atoms with Gasteiger partial charge in [-0.2, -0.15) is 0 Å². The summed E-state index contributed by atoms with van der Waals surface area (Å²) in [4.78, 5) is 24.5. The fourth-order valence-corrected chi connectivity index (χ4v) is 2.21. The molecule has 2 rings (SSSR count). The molecule has 23 heavy (non-hydrogen) atoms. The Morgan fingerprint density at radius 3 is 2.87 bits per heavy atom. The van der Waals surface area contributed by atoms with Gasteiger partial charge in [0, 0.05) is 13.1 Å². The van der Waals surface area contributed by atoms with Crippen molar-refractivity contribution in [1.82, 2.24) is 10.2 Å². The third kappa shape index (κ3) is 5.54. The molecule has 0 bridgehead atoms. The molecule has 1 heterocycles. The number of carboxylic acid groups (broad SMARTS) is 1. The summed E-state index contributed by atoms with van der Waals surface area (Å²) in [7, 11) is 0. The number of benzene rings is 1. The number of carbonyl (C=O) groups excluding carboxylic acids is 1. The summed E-state index contributed by atoms with van der Waals surface area (Å²) in [5.74, 6) is -0.917. The van der Waals surface area contributed by atoms with Gasteiger partial charge in [0.25, 0.3) is 0 Å². The Morgan fingerprint density at radius 2 is 2.17 bits per heavy atom. The maximum Gasteiger partial charge on any atom is 0.410 e. The second-order valence-corrected chi connectivity index (χ2v) is 5.45. The van der Waals surface area contributed by atoms with Gasteiger partial charge >= 0.3 is 12.1 Å². The summed E-state index contributed by atoms with van der Waals surface area (Å²) in [5, 5.41) is 11.7. The lowest BCUT2D eigenvalue weighted by molar-refractivity contribution is -0.139. The van der Waals surface area contributed by atoms with E-state index < -0.39 is 12.0 Å². The Bertz CT molecular complexity index is 522. The van der Waals surface area contributed by atoms with Crippen molar-refractivity contribution >= 4 is 12.1 Å². The van der Waals surface area contributed by atoms with Crippen LogP contribution in [0.4, 0.5) is 4.79 Å². The molecule has 0 aromatic heterocycles. The highest BCUT2D eigenvalue weighted by atomic mass is 16.6. The molecular formula is C16H22N2O5. The summed E-state index contributed by atoms with van der Waals surface area (Å²) in [6.07, 6.45) is -0.622. The van der Waals surface area contributed by atoms with E-state index in [0.29, 0.717) is 26.2 Å². The molecule has 1 saturated heterocycles. The van der Waals surface area contributed by atoms with Crippen LogP contribution in [0.3, 0.4) is 0 Å². The molecule has 2 unspecified atom stereocenters. The van der Waals surface area contributed by atoms with E-state index in [-0.39, 0.29) is 18.8 Å². The highest BCUT2D eigenvalue weighted by molar-refractivity contribution is 5.72. The molecule has 126 valence electrons. The number of nitrogens with one attached hydrogen (secondary N) is 1. The minimum Gasteiger partial charge on any atom is -0.480 e. The summed E-state index contributed by atoms with van der Waals surface area (Å²) in [6, 6.07) is 8.83. The first-order chi connectivity index (χ1) is 11.1. The van der Waals surface area contributed by atoms with Gasteiger partial charge in [-0.15, -0.1) is 0 Å². The average molecular weight is 322 g/mol. The Morgan fingerprint density at radius 1 is 1.43 bits per heavy atom. The van der Waals surface area contributed by atoms with Crippen LogP contribution in [0.25, 0.3) is 0 Å². The van der Waals surface area contributed by atoms with Gasteiger partial charge in [-0.3, -0.25) is 4.79 Å². The Balaban J connectivity index is 1.76. The number of amides is 1. The average Bonchev–Trinajstić information content (AvgIpc) is 2.58. The molecule has 0 radical (unpaired) electrons. The molecular weight excluding hydrogens is 300 g/mol. The van der Waals surface area contributed by atoms with Gasteiger partial charge in [0.1, 0.15) is 12.6 Å². The van der Waals surface area contributed by atoms with E-state index >= 15 is 0 Å². The van der Waals surface area contributed by atoms with Crippen LogP contribution in [-0.4, -0.2) is 60.5 Å². The zero-order valence-electron chi connectivity index (χ0n) is 13.1. The van der Waals surface area contributed by atoms with Crippen molar-refractivity contribution in [2.75, 3.05) is 26.2 Å². The fourth-order valence-electron chi connectivity index (χ4n) is 2.21. The minimum atomic E-state index is -0.917. The van der Waals surface area contributed by atoms with E-state index in [4.69, 9.17) is 14.6 Å². The van der Waals surface area contributed by atoms with Crippen molar-refractivity contribution in [1.29, 1.82) is 0 Å². The molecule has 1 aromatic carbocycles. The molecule has 7 nitrogen and oxygen atoms in total. The Kier molecular flexibility index (Phi) is 6.37. The topological polar surface area (TPSA) is 88.1 Å². The third-order valence-electron chi connectivity index (χ3n) is 3.62. The van der Waals surface area contributed by atoms with E-state index in [2.05, 4.69) is 5.32 Å². The third-order valence-corrected chi connectivity index (χ3v) is 3.62. The second kappa shape index (κ2) is 8.50. The van der Waals surface area contributed by atoms with Crippen molar-refractivity contribution in [2.45, 2.75) is 25.7 Å². The number of hydrogen-bond donors (Lipinski definition) is 2. The summed E-state index contributed by atoms with van der Waals surface area (Å²) >= 11 is 0. The molecule has 2 atom stereocenters. The summed E-state index contributed by atoms with van der Waals surface area (Å²) in [5.41, 5.74) is 0.933. The SMILES string of the molecule is CC(NCC1CN(C(=O)OCc2ccccc2)CCO1)C(=O)O. The van der Waals surface area contributed by atoms with E-state index in [0.717, 1.165) is 5.56 Å². The number of nitrogens with zero attached hydrogens (tertiary/aromatic N) is 1. The molecule has 2 N–H and O–H groups in total. The van der Waals surface area contributed by atoms with Crippen LogP contribution in [0.2, 0.25) is 0 Å². The first-order valence-corrected chi connectivity index (χ1v) is 7.59. The maximum atomic E-state index is 12.1. The second-order valence-electron chi connectivity index (χ2n) is 5.45. The zero-order chi connectivity index (χ0) is 16.7. The lowest BCUT2D eigenvalue weighted by Gasteiger charge is -2.32. The molecule has 1 aromatic rings. The predicted octanol–water partition coefficient (Wildman–Crippen LogP) is 1.09. The van der Waals surface area contributed by atoms with Gasteiger partial charge in [-0.25, -0.2) is 4.79 Å². The number of morpholine rings is 1. The van der Waals surface area contributed by atoms with Crippen molar-refractivity contribution in [3.63, 3.8) is 0 Å². The lowest BCUT2D eigenvalue weighted by Crippen LogP contribution is -2.50. The van der Waals surface area contributed by atoms with Crippen LogP contribution in [-0.2, 0) is 20.9 Å². The van der Waals surface area contributed by atoms with Crippen LogP contribution in [0.5, 0.6) is 0 Å². The predicted molar refractivity (Wildman–Crippen MR) is 83.0 cm³/mol. The number of rotatable bonds is 6. The zero-order valence-corrected chi connectivity index (χ0v) is 13.1. The van der Waals surface area contributed by atoms with E-state index in [1.165, 1.54) is 0 Å². The molecule has 0 spiro atoms. The van der Waals surface area contributed by atoms with Gasteiger partial charge < -0.3 is 24.8 Å². The molecule has 1 amide bonds. The Hall–Kier alpha value is -2.12. The molecule has 0 aliphatic carbocycles. The number of carbonyl (C=O) groups is 2. The molecule has 1 aliphatic rings. The number of ether oxygens (including phenoxy) is 2. The largest absolute Gasteiger partial charge is 0.480 e. The van der Waals surface area contributed by atoms with Gasteiger partial charge in [0.2, 0.25) is 0 Å². The van der Waals surface area contributed by atoms with Crippen LogP contribution < -0.4 is 5.32 Å². The van der Waals surface area contributed by atoms with Gasteiger partial charge in [0.05, 0.1) is 19.3 Å². The molecule has 1 fully saturated rings. The quantitative estimate of drug-likeness (QED) is 0.815. The fraction of sp³-hybridized carbons (Fsp3) is 0.500. The summed E-state index contributed by atoms with van der Waals surface area (Å²) < 4.78 is 10.8. The van der Waals surface area contributed by atoms with Gasteiger partial charge in [-0.1, -0.05) is 30.3 Å². The van der Waals surface area contributed by atoms with E-state index in [1.54, 1.807) is 11.8 Å². The molecule has 1 aliphatic heterocycles. The van der Waals surface area contributed by atoms with Crippen molar-refractivity contribution < 1.29 is 24.2 Å². The van der Waals surface area contributed by atoms with E-state index in [1.807, 2.05) is 30.3 Å². The minimum absolute atomic E-state index is 0.232. The maximum absolute atomic E-state index is 12.1. The highest BCUT2D eigenvalue weighted by Gasteiger charge is 2.26. The van der Waals surface area contributed by atoms with Crippen LogP contribution in [0, 0.1) is 0 Å². The lowest BCUT2D eigenvalue weighted by atomic mass is 10.2. The van der Waals surface area contributed by atoms with E-state index in [9.17, 15) is 9.59 Å². The van der Waals surface area contributed by atoms with Crippen LogP contribution >= 0.6 is 0 Å². The van der Waals surface area contributed by atoms with Crippen molar-refractivity contribution in [3.05, 3.63) is 35.9 Å². The highest BCUT2D eigenvalue weighted by Crippen LogP contribution is 2.09. The Labute approximate surface area is 135 Å². The summed E-state index contributed by atoms with van der Waals surface area (Å²) in [6.45, 7) is 3.43. The number of carboxylic acids is 1. The van der Waals surface area contributed by atoms with Crippen LogP contribution in [0.15, 0.2) is 30.3 Å². The number of aliphatic carboxylic acids is 1. The smallest absolute Gasteiger partial charge is 0.410 e. The van der Waals surface area contributed by atoms with Crippen molar-refractivity contribution in [2.24, 2.45) is 0 Å². The normalized spacial score (nSPS) is 19.2.